The van der Waals surface area contributed by atoms with Gasteiger partial charge in [-0.3, -0.25) is 0 Å². The van der Waals surface area contributed by atoms with Gasteiger partial charge in [0, 0.05) is 0 Å². The van der Waals surface area contributed by atoms with E-state index >= 15 is 0 Å². The minimum absolute atomic E-state index is 0. The van der Waals surface area contributed by atoms with Crippen molar-refractivity contribution >= 4 is 37.3 Å². The maximum Gasteiger partial charge on any atom is -0.412 e. The molecule has 0 aromatic carbocycles. The maximum absolute atomic E-state index is 2.12. The van der Waals surface area contributed by atoms with Gasteiger partial charge in [-0.25, -0.2) is 0 Å². The van der Waals surface area contributed by atoms with Gasteiger partial charge in [-0.1, -0.05) is 0 Å². The Bertz CT molecular complexity index is 13.5. The van der Waals surface area contributed by atoms with Crippen LogP contribution in [0.3, 0.4) is 0 Å². The zero-order valence-corrected chi connectivity index (χ0v) is 4.99. The molecule has 0 saturated carbocycles. The zero-order valence-electron chi connectivity index (χ0n) is 2.78. The van der Waals surface area contributed by atoms with Crippen LogP contribution in [0.5, 0.6) is 0 Å². The predicted molar refractivity (Wildman–Crippen MR) is 21.1 cm³/mol. The van der Waals surface area contributed by atoms with Gasteiger partial charge in [-0.15, -0.1) is 0 Å². The van der Waals surface area contributed by atoms with Gasteiger partial charge < -0.3 is 5.48 Å². The average molecular weight is 86.1 g/mol. The minimum atomic E-state index is 0. The molecule has 4 heavy (non-hydrogen) atoms. The van der Waals surface area contributed by atoms with Gasteiger partial charge in [-0.05, 0) is 0 Å². The summed E-state index contributed by atoms with van der Waals surface area (Å²) in [6.45, 7) is 2.06. The first-order chi connectivity index (χ1) is 1.41. The molecule has 0 heterocycles. The van der Waals surface area contributed by atoms with Crippen LogP contribution >= 0.6 is 0 Å². The van der Waals surface area contributed by atoms with Crippen molar-refractivity contribution in [3.8, 4) is 0 Å². The van der Waals surface area contributed by atoms with Crippen LogP contribution in [-0.2, 0) is 0 Å². The molecule has 0 spiro atoms. The second-order valence-corrected chi connectivity index (χ2v) is 1.68. The van der Waals surface area contributed by atoms with Crippen LogP contribution in [-0.4, -0.2) is 42.8 Å². The summed E-state index contributed by atoms with van der Waals surface area (Å²) < 4.78 is 2.12. The summed E-state index contributed by atoms with van der Waals surface area (Å²) in [5, 5.41) is 0. The molecule has 0 unspecified atom stereocenters. The Morgan fingerprint density at radius 3 is 1.75 bits per heavy atom. The van der Waals surface area contributed by atoms with Crippen molar-refractivity contribution in [1.82, 2.24) is 0 Å². The molecule has 0 aromatic rings. The predicted octanol–water partition coefficient (Wildman–Crippen LogP) is -0.848. The summed E-state index contributed by atoms with van der Waals surface area (Å²) in [6.07, 6.45) is 0. The molecule has 0 aliphatic heterocycles. The van der Waals surface area contributed by atoms with Crippen LogP contribution in [0.1, 0.15) is 6.92 Å². The van der Waals surface area contributed by atoms with Crippen LogP contribution in [0.25, 0.3) is 0 Å². The Balaban J connectivity index is 0. The summed E-state index contributed by atoms with van der Waals surface area (Å²) in [6, 6.07) is 0. The first-order valence-corrected chi connectivity index (χ1v) is 2.26. The summed E-state index contributed by atoms with van der Waals surface area (Å²) in [7, 11) is 0. The molecule has 2 heteroatoms. The van der Waals surface area contributed by atoms with Crippen LogP contribution in [0.4, 0.5) is 0 Å². The van der Waals surface area contributed by atoms with Gasteiger partial charge in [-0.2, -0.15) is 0 Å². The van der Waals surface area contributed by atoms with Gasteiger partial charge in [0.05, 0.1) is 0 Å². The van der Waals surface area contributed by atoms with Crippen molar-refractivity contribution in [1.29, 1.82) is 0 Å². The van der Waals surface area contributed by atoms with Gasteiger partial charge in [0.25, 0.3) is 0 Å². The van der Waals surface area contributed by atoms with E-state index in [-0.39, 0.29) is 5.48 Å². The molecule has 0 aliphatic carbocycles. The molecule has 0 bridgehead atoms. The fourth-order valence-electron chi connectivity index (χ4n) is 0. The number of hydrogen-bond acceptors (Lipinski definition) is 0. The summed E-state index contributed by atoms with van der Waals surface area (Å²) in [5.41, 5.74) is 0. The third-order valence-electron chi connectivity index (χ3n) is 0. The van der Waals surface area contributed by atoms with Crippen molar-refractivity contribution in [3.05, 3.63) is 0 Å². The van der Waals surface area contributed by atoms with Crippen molar-refractivity contribution < 1.29 is 5.48 Å². The third-order valence-corrected chi connectivity index (χ3v) is 0. The van der Waals surface area contributed by atoms with E-state index in [0.717, 1.165) is 0 Å². The molecular weight excluding hydrogens is 80.1 g/mol. The van der Waals surface area contributed by atoms with E-state index in [9.17, 15) is 0 Å². The average Bonchev–Trinajstić information content (AvgIpc) is 0.918. The number of rotatable bonds is 0. The standard InChI is InChI=1S/C2H4.Ca.H2O/c1-2;;/h1H,2H3;;1H2. The fraction of sp³-hybridized carbons (Fsp3) is 0.500. The largest absolute Gasteiger partial charge is 0.412 e. The van der Waals surface area contributed by atoms with Crippen molar-refractivity contribution in [3.63, 3.8) is 0 Å². The van der Waals surface area contributed by atoms with Crippen molar-refractivity contribution in [2.75, 3.05) is 0 Å². The minimum Gasteiger partial charge on any atom is -0.412 e. The molecule has 0 aliphatic rings. The van der Waals surface area contributed by atoms with Crippen LogP contribution in [0.2, 0.25) is 0 Å². The van der Waals surface area contributed by atoms with Crippen molar-refractivity contribution in [2.24, 2.45) is 0 Å². The maximum atomic E-state index is 2.12. The first kappa shape index (κ1) is 8.92. The van der Waals surface area contributed by atoms with E-state index in [1.807, 2.05) is 0 Å². The monoisotopic (exact) mass is 86.0 g/mol. The Kier molecular flexibility index (Phi) is 19.9. The van der Waals surface area contributed by atoms with E-state index < -0.39 is 0 Å². The fourth-order valence-corrected chi connectivity index (χ4v) is 0. The van der Waals surface area contributed by atoms with Crippen LogP contribution < -0.4 is 0 Å². The van der Waals surface area contributed by atoms with Gasteiger partial charge >= 0.3 is 44.3 Å². The van der Waals surface area contributed by atoms with E-state index in [0.29, 0.717) is 0 Å². The van der Waals surface area contributed by atoms with Crippen LogP contribution in [0, 0.1) is 0 Å². The van der Waals surface area contributed by atoms with Crippen LogP contribution in [0.15, 0.2) is 0 Å². The van der Waals surface area contributed by atoms with Gasteiger partial charge in [0.1, 0.15) is 0 Å². The van der Waals surface area contributed by atoms with Crippen molar-refractivity contribution in [2.45, 2.75) is 6.92 Å². The van der Waals surface area contributed by atoms with E-state index in [4.69, 9.17) is 0 Å². The summed E-state index contributed by atoms with van der Waals surface area (Å²) >= 11 is 1.32. The smallest absolute Gasteiger partial charge is 0.412 e. The molecule has 0 amide bonds. The molecule has 22 valence electrons. The van der Waals surface area contributed by atoms with E-state index in [1.54, 1.807) is 0 Å². The Labute approximate surface area is 49.4 Å². The molecule has 0 rings (SSSR count). The quantitative estimate of drug-likeness (QED) is 0.344. The second-order valence-electron chi connectivity index (χ2n) is 0.408. The second kappa shape index (κ2) is 8.94. The molecular formula is C2H6CaO. The first-order valence-electron chi connectivity index (χ1n) is 0.986. The molecule has 0 aromatic heterocycles. The summed E-state index contributed by atoms with van der Waals surface area (Å²) in [5.74, 6) is 0. The number of hydrogen-bond donors (Lipinski definition) is 0. The van der Waals surface area contributed by atoms with Gasteiger partial charge in [0.2, 0.25) is 0 Å². The Morgan fingerprint density at radius 2 is 1.75 bits per heavy atom. The molecule has 0 saturated heterocycles. The molecule has 0 fully saturated rings. The topological polar surface area (TPSA) is 31.5 Å². The summed E-state index contributed by atoms with van der Waals surface area (Å²) in [4.78, 5) is 0. The Hall–Kier alpha value is 1.09. The molecule has 0 radical (unpaired) electrons. The molecule has 0 atom stereocenters. The molecule has 1 nitrogen and oxygen atoms in total. The molecule has 2 N–H and O–H groups in total. The SMILES string of the molecule is C[CH]=[Ca].O. The van der Waals surface area contributed by atoms with Gasteiger partial charge in [0.15, 0.2) is 0 Å². The van der Waals surface area contributed by atoms with E-state index in [1.165, 1.54) is 35.3 Å². The third kappa shape index (κ3) is 11.4. The Morgan fingerprint density at radius 1 is 1.75 bits per heavy atom. The van der Waals surface area contributed by atoms with E-state index in [2.05, 4.69) is 9.01 Å². The zero-order chi connectivity index (χ0) is 2.71. The normalized spacial score (nSPS) is 3.75.